The average molecular weight is 477 g/mol. The first kappa shape index (κ1) is 24.1. The van der Waals surface area contributed by atoms with E-state index in [0.717, 1.165) is 31.6 Å². The molecule has 0 bridgehead atoms. The summed E-state index contributed by atoms with van der Waals surface area (Å²) in [6.07, 6.45) is 6.17. The molecule has 2 saturated heterocycles. The van der Waals surface area contributed by atoms with Crippen LogP contribution in [0.2, 0.25) is 0 Å². The highest BCUT2D eigenvalue weighted by atomic mass is 32.2. The summed E-state index contributed by atoms with van der Waals surface area (Å²) in [5.74, 6) is -0.349. The monoisotopic (exact) mass is 476 g/mol. The first-order valence-electron chi connectivity index (χ1n) is 12.2. The van der Waals surface area contributed by atoms with E-state index in [4.69, 9.17) is 0 Å². The third-order valence-electron chi connectivity index (χ3n) is 6.72. The maximum absolute atomic E-state index is 13.3. The van der Waals surface area contributed by atoms with Gasteiger partial charge in [-0.15, -0.1) is 5.10 Å². The van der Waals surface area contributed by atoms with Crippen molar-refractivity contribution in [3.8, 4) is 0 Å². The van der Waals surface area contributed by atoms with Gasteiger partial charge < -0.3 is 10.2 Å². The molecule has 2 aliphatic heterocycles. The van der Waals surface area contributed by atoms with E-state index in [2.05, 4.69) is 20.5 Å². The molecule has 33 heavy (non-hydrogen) atoms. The molecule has 1 amide bonds. The van der Waals surface area contributed by atoms with E-state index in [1.165, 1.54) is 23.6 Å². The van der Waals surface area contributed by atoms with Crippen molar-refractivity contribution >= 4 is 27.0 Å². The van der Waals surface area contributed by atoms with E-state index in [0.29, 0.717) is 31.4 Å². The number of nitrogens with zero attached hydrogens (tertiary/aromatic N) is 5. The van der Waals surface area contributed by atoms with E-state index < -0.39 is 10.0 Å². The van der Waals surface area contributed by atoms with Gasteiger partial charge in [0.05, 0.1) is 16.3 Å². The zero-order chi connectivity index (χ0) is 23.4. The molecule has 4 rings (SSSR count). The van der Waals surface area contributed by atoms with Crippen molar-refractivity contribution in [3.63, 3.8) is 0 Å². The van der Waals surface area contributed by atoms with Crippen molar-refractivity contribution in [2.75, 3.05) is 39.3 Å². The number of hydrogen-bond donors (Lipinski definition) is 1. The molecule has 10 heteroatoms. The van der Waals surface area contributed by atoms with Crippen LogP contribution in [0.25, 0.3) is 11.0 Å². The minimum atomic E-state index is -3.70. The Labute approximate surface area is 196 Å². The topological polar surface area (TPSA) is 100 Å². The van der Waals surface area contributed by atoms with Crippen LogP contribution in [-0.2, 0) is 14.8 Å². The first-order chi connectivity index (χ1) is 15.9. The maximum Gasteiger partial charge on any atom is 0.243 e. The highest BCUT2D eigenvalue weighted by molar-refractivity contribution is 7.89. The standard InChI is InChI=1S/C23H36N6O3S/c1-18(2)29-22-10-9-20(16-21(22)25-26-29)33(31,32)28-15-6-8-19(17-28)23(30)24-11-7-14-27-12-4-3-5-13-27/h9-10,16,18-19H,3-8,11-15,17H2,1-2H3,(H,24,30)/t19-/m1/s1. The summed E-state index contributed by atoms with van der Waals surface area (Å²) in [4.78, 5) is 15.4. The number of amides is 1. The van der Waals surface area contributed by atoms with Crippen LogP contribution in [-0.4, -0.2) is 77.8 Å². The van der Waals surface area contributed by atoms with E-state index in [-0.39, 0.29) is 29.3 Å². The molecule has 2 aliphatic rings. The molecule has 1 atom stereocenters. The first-order valence-corrected chi connectivity index (χ1v) is 13.7. The largest absolute Gasteiger partial charge is 0.356 e. The zero-order valence-electron chi connectivity index (χ0n) is 19.7. The fraction of sp³-hybridized carbons (Fsp3) is 0.696. The van der Waals surface area contributed by atoms with Gasteiger partial charge >= 0.3 is 0 Å². The van der Waals surface area contributed by atoms with Crippen LogP contribution in [0.15, 0.2) is 23.1 Å². The third kappa shape index (κ3) is 5.55. The van der Waals surface area contributed by atoms with E-state index in [9.17, 15) is 13.2 Å². The van der Waals surface area contributed by atoms with Crippen LogP contribution >= 0.6 is 0 Å². The lowest BCUT2D eigenvalue weighted by atomic mass is 9.99. The lowest BCUT2D eigenvalue weighted by Crippen LogP contribution is -2.45. The summed E-state index contributed by atoms with van der Waals surface area (Å²) >= 11 is 0. The molecule has 1 aromatic carbocycles. The number of piperidine rings is 2. The molecular formula is C23H36N6O3S. The normalized spacial score (nSPS) is 21.0. The lowest BCUT2D eigenvalue weighted by molar-refractivity contribution is -0.126. The molecule has 3 heterocycles. The average Bonchev–Trinajstić information content (AvgIpc) is 3.26. The summed E-state index contributed by atoms with van der Waals surface area (Å²) < 4.78 is 29.8. The number of hydrogen-bond acceptors (Lipinski definition) is 6. The van der Waals surface area contributed by atoms with Crippen molar-refractivity contribution in [1.29, 1.82) is 0 Å². The van der Waals surface area contributed by atoms with Crippen molar-refractivity contribution < 1.29 is 13.2 Å². The number of aromatic nitrogens is 3. The smallest absolute Gasteiger partial charge is 0.243 e. The number of likely N-dealkylation sites (tertiary alicyclic amines) is 1. The number of carbonyl (C=O) groups is 1. The molecule has 182 valence electrons. The van der Waals surface area contributed by atoms with Gasteiger partial charge in [0.25, 0.3) is 0 Å². The molecule has 2 aromatic rings. The molecule has 0 aliphatic carbocycles. The molecule has 2 fully saturated rings. The van der Waals surface area contributed by atoms with Crippen LogP contribution in [0, 0.1) is 5.92 Å². The van der Waals surface area contributed by atoms with Crippen LogP contribution in [0.3, 0.4) is 0 Å². The van der Waals surface area contributed by atoms with Crippen molar-refractivity contribution in [2.45, 2.75) is 63.3 Å². The van der Waals surface area contributed by atoms with Gasteiger partial charge in [0.2, 0.25) is 15.9 Å². The quantitative estimate of drug-likeness (QED) is 0.587. The summed E-state index contributed by atoms with van der Waals surface area (Å²) in [5.41, 5.74) is 1.37. The summed E-state index contributed by atoms with van der Waals surface area (Å²) in [6.45, 7) is 8.62. The molecule has 1 N–H and O–H groups in total. The van der Waals surface area contributed by atoms with Gasteiger partial charge in [-0.25, -0.2) is 13.1 Å². The van der Waals surface area contributed by atoms with Gasteiger partial charge in [-0.2, -0.15) is 4.31 Å². The number of benzene rings is 1. The Morgan fingerprint density at radius 2 is 1.94 bits per heavy atom. The Kier molecular flexibility index (Phi) is 7.65. The fourth-order valence-corrected chi connectivity index (χ4v) is 6.37. The van der Waals surface area contributed by atoms with E-state index in [1.807, 2.05) is 13.8 Å². The molecule has 9 nitrogen and oxygen atoms in total. The predicted molar refractivity (Wildman–Crippen MR) is 127 cm³/mol. The number of rotatable bonds is 8. The predicted octanol–water partition coefficient (Wildman–Crippen LogP) is 2.41. The minimum absolute atomic E-state index is 0.0381. The number of carbonyl (C=O) groups excluding carboxylic acids is 1. The molecule has 0 spiro atoms. The lowest BCUT2D eigenvalue weighted by Gasteiger charge is -2.31. The highest BCUT2D eigenvalue weighted by Gasteiger charge is 2.33. The maximum atomic E-state index is 13.3. The SMILES string of the molecule is CC(C)n1nnc2cc(S(=O)(=O)N3CCC[C@@H](C(=O)NCCCN4CCCCC4)C3)ccc21. The van der Waals surface area contributed by atoms with E-state index in [1.54, 1.807) is 22.9 Å². The minimum Gasteiger partial charge on any atom is -0.356 e. The van der Waals surface area contributed by atoms with Gasteiger partial charge in [0, 0.05) is 25.7 Å². The van der Waals surface area contributed by atoms with Crippen molar-refractivity contribution in [3.05, 3.63) is 18.2 Å². The molecule has 0 saturated carbocycles. The van der Waals surface area contributed by atoms with Gasteiger partial charge in [-0.1, -0.05) is 11.6 Å². The molecule has 1 aromatic heterocycles. The molecular weight excluding hydrogens is 440 g/mol. The second-order valence-corrected chi connectivity index (χ2v) is 11.5. The van der Waals surface area contributed by atoms with Crippen LogP contribution in [0.4, 0.5) is 0 Å². The number of fused-ring (bicyclic) bond motifs is 1. The zero-order valence-corrected chi connectivity index (χ0v) is 20.6. The Balaban J connectivity index is 1.34. The Hall–Kier alpha value is -2.04. The summed E-state index contributed by atoms with van der Waals surface area (Å²) in [6, 6.07) is 5.10. The van der Waals surface area contributed by atoms with Gasteiger partial charge in [0.1, 0.15) is 5.52 Å². The van der Waals surface area contributed by atoms with Crippen LogP contribution in [0.1, 0.15) is 58.4 Å². The summed E-state index contributed by atoms with van der Waals surface area (Å²) in [7, 11) is -3.70. The van der Waals surface area contributed by atoms with Crippen molar-refractivity contribution in [2.24, 2.45) is 5.92 Å². The van der Waals surface area contributed by atoms with Gasteiger partial charge in [-0.05, 0) is 83.8 Å². The van der Waals surface area contributed by atoms with Crippen molar-refractivity contribution in [1.82, 2.24) is 29.5 Å². The van der Waals surface area contributed by atoms with Crippen LogP contribution in [0.5, 0.6) is 0 Å². The Bertz CT molecular complexity index is 1060. The Morgan fingerprint density at radius 3 is 2.70 bits per heavy atom. The molecule has 0 radical (unpaired) electrons. The number of nitrogens with one attached hydrogen (secondary N) is 1. The summed E-state index contributed by atoms with van der Waals surface area (Å²) in [5, 5.41) is 11.3. The van der Waals surface area contributed by atoms with Crippen LogP contribution < -0.4 is 5.32 Å². The number of sulfonamides is 1. The van der Waals surface area contributed by atoms with E-state index >= 15 is 0 Å². The van der Waals surface area contributed by atoms with Gasteiger partial charge in [0.15, 0.2) is 0 Å². The highest BCUT2D eigenvalue weighted by Crippen LogP contribution is 2.26. The Morgan fingerprint density at radius 1 is 1.15 bits per heavy atom. The second kappa shape index (κ2) is 10.5. The second-order valence-electron chi connectivity index (χ2n) is 9.53. The fourth-order valence-electron chi connectivity index (χ4n) is 4.83. The third-order valence-corrected chi connectivity index (χ3v) is 8.58. The van der Waals surface area contributed by atoms with Gasteiger partial charge in [-0.3, -0.25) is 4.79 Å². The molecule has 0 unspecified atom stereocenters.